The van der Waals surface area contributed by atoms with Gasteiger partial charge in [-0.15, -0.1) is 0 Å². The summed E-state index contributed by atoms with van der Waals surface area (Å²) in [5, 5.41) is 0. The first kappa shape index (κ1) is 14.6. The van der Waals surface area contributed by atoms with Gasteiger partial charge < -0.3 is 15.2 Å². The van der Waals surface area contributed by atoms with Gasteiger partial charge in [0, 0.05) is 30.5 Å². The zero-order valence-electron chi connectivity index (χ0n) is 13.2. The molecule has 2 aliphatic rings. The van der Waals surface area contributed by atoms with Gasteiger partial charge in [0.25, 0.3) is 0 Å². The maximum absolute atomic E-state index is 13.0. The fraction of sp³-hybridized carbons (Fsp3) is 0.706. The maximum atomic E-state index is 13.0. The second-order valence-electron chi connectivity index (χ2n) is 6.67. The van der Waals surface area contributed by atoms with Crippen LogP contribution in [0.4, 0.5) is 0 Å². The zero-order valence-corrected chi connectivity index (χ0v) is 13.2. The van der Waals surface area contributed by atoms with E-state index in [1.165, 1.54) is 24.2 Å². The molecule has 3 atom stereocenters. The van der Waals surface area contributed by atoms with Crippen LogP contribution in [0.25, 0.3) is 0 Å². The first-order chi connectivity index (χ1) is 10.1. The van der Waals surface area contributed by atoms with Crippen molar-refractivity contribution in [2.45, 2.75) is 64.6 Å². The second kappa shape index (κ2) is 5.84. The third-order valence-corrected chi connectivity index (χ3v) is 5.36. The molecule has 1 aliphatic carbocycles. The van der Waals surface area contributed by atoms with Crippen LogP contribution in [0, 0.1) is 12.8 Å². The lowest BCUT2D eigenvalue weighted by Gasteiger charge is -2.38. The summed E-state index contributed by atoms with van der Waals surface area (Å²) in [6, 6.07) is 4.52. The van der Waals surface area contributed by atoms with Crippen LogP contribution in [0.15, 0.2) is 12.1 Å². The Labute approximate surface area is 127 Å². The van der Waals surface area contributed by atoms with Crippen molar-refractivity contribution in [3.63, 3.8) is 0 Å². The Bertz CT molecular complexity index is 522. The highest BCUT2D eigenvalue weighted by atomic mass is 16.2. The van der Waals surface area contributed by atoms with E-state index in [4.69, 9.17) is 5.73 Å². The number of hydrogen-bond acceptors (Lipinski definition) is 2. The number of nitrogens with two attached hydrogens (primary N) is 1. The minimum absolute atomic E-state index is 0.0255. The van der Waals surface area contributed by atoms with Crippen molar-refractivity contribution < 1.29 is 4.79 Å². The van der Waals surface area contributed by atoms with E-state index in [1.54, 1.807) is 0 Å². The monoisotopic (exact) mass is 289 g/mol. The van der Waals surface area contributed by atoms with Crippen molar-refractivity contribution in [1.82, 2.24) is 9.47 Å². The molecule has 1 aliphatic heterocycles. The van der Waals surface area contributed by atoms with E-state index in [2.05, 4.69) is 35.4 Å². The fourth-order valence-electron chi connectivity index (χ4n) is 3.98. The molecule has 3 rings (SSSR count). The van der Waals surface area contributed by atoms with E-state index in [-0.39, 0.29) is 23.9 Å². The van der Waals surface area contributed by atoms with Crippen LogP contribution in [-0.4, -0.2) is 28.0 Å². The molecule has 1 aromatic heterocycles. The molecule has 0 saturated heterocycles. The lowest BCUT2D eigenvalue weighted by molar-refractivity contribution is -0.139. The van der Waals surface area contributed by atoms with E-state index >= 15 is 0 Å². The van der Waals surface area contributed by atoms with Gasteiger partial charge >= 0.3 is 0 Å². The molecule has 3 unspecified atom stereocenters. The number of nitrogens with zero attached hydrogens (tertiary/aromatic N) is 2. The molecule has 0 spiro atoms. The van der Waals surface area contributed by atoms with Crippen molar-refractivity contribution in [1.29, 1.82) is 0 Å². The van der Waals surface area contributed by atoms with Crippen LogP contribution in [0.5, 0.6) is 0 Å². The summed E-state index contributed by atoms with van der Waals surface area (Å²) in [6.07, 6.45) is 5.48. The third kappa shape index (κ3) is 2.61. The Balaban J connectivity index is 1.79. The predicted molar refractivity (Wildman–Crippen MR) is 83.8 cm³/mol. The van der Waals surface area contributed by atoms with Crippen LogP contribution in [0.2, 0.25) is 0 Å². The standard InChI is InChI=1S/C17H27N3O/c1-12-8-9-16-13(2)20(11-10-19(12)16)17(21)14-6-4-3-5-7-15(14)18/h8-9,13-15H,3-7,10-11,18H2,1-2H3. The van der Waals surface area contributed by atoms with Gasteiger partial charge in [-0.25, -0.2) is 0 Å². The minimum atomic E-state index is 0.0255. The number of rotatable bonds is 1. The highest BCUT2D eigenvalue weighted by Crippen LogP contribution is 2.31. The molecular weight excluding hydrogens is 262 g/mol. The number of aryl methyl sites for hydroxylation is 1. The first-order valence-corrected chi connectivity index (χ1v) is 8.31. The highest BCUT2D eigenvalue weighted by Gasteiger charge is 2.35. The van der Waals surface area contributed by atoms with Crippen LogP contribution in [0.3, 0.4) is 0 Å². The number of aromatic nitrogens is 1. The summed E-state index contributed by atoms with van der Waals surface area (Å²) in [5.74, 6) is 0.305. The SMILES string of the molecule is Cc1ccc2n1CCN(C(=O)C1CCCCCC1N)C2C. The third-order valence-electron chi connectivity index (χ3n) is 5.36. The summed E-state index contributed by atoms with van der Waals surface area (Å²) >= 11 is 0. The summed E-state index contributed by atoms with van der Waals surface area (Å²) < 4.78 is 2.33. The van der Waals surface area contributed by atoms with Crippen LogP contribution < -0.4 is 5.73 Å². The normalized spacial score (nSPS) is 29.9. The van der Waals surface area contributed by atoms with Crippen LogP contribution >= 0.6 is 0 Å². The quantitative estimate of drug-likeness (QED) is 0.808. The van der Waals surface area contributed by atoms with Crippen molar-refractivity contribution in [3.8, 4) is 0 Å². The smallest absolute Gasteiger partial charge is 0.227 e. The van der Waals surface area contributed by atoms with E-state index < -0.39 is 0 Å². The number of carbonyl (C=O) groups is 1. The Kier molecular flexibility index (Phi) is 4.07. The van der Waals surface area contributed by atoms with Gasteiger partial charge in [0.1, 0.15) is 0 Å². The molecule has 2 heterocycles. The first-order valence-electron chi connectivity index (χ1n) is 8.31. The number of carbonyl (C=O) groups excluding carboxylic acids is 1. The summed E-state index contributed by atoms with van der Waals surface area (Å²) in [4.78, 5) is 15.0. The molecule has 4 nitrogen and oxygen atoms in total. The second-order valence-corrected chi connectivity index (χ2v) is 6.67. The molecule has 0 bridgehead atoms. The number of fused-ring (bicyclic) bond motifs is 1. The minimum Gasteiger partial charge on any atom is -0.345 e. The Morgan fingerprint density at radius 2 is 1.95 bits per heavy atom. The molecule has 1 amide bonds. The maximum Gasteiger partial charge on any atom is 0.227 e. The molecule has 21 heavy (non-hydrogen) atoms. The average molecular weight is 289 g/mol. The Morgan fingerprint density at radius 1 is 1.19 bits per heavy atom. The largest absolute Gasteiger partial charge is 0.345 e. The van der Waals surface area contributed by atoms with E-state index in [0.717, 1.165) is 32.4 Å². The van der Waals surface area contributed by atoms with Gasteiger partial charge in [0.15, 0.2) is 0 Å². The summed E-state index contributed by atoms with van der Waals surface area (Å²) in [7, 11) is 0. The van der Waals surface area contributed by atoms with Gasteiger partial charge in [-0.05, 0) is 38.8 Å². The van der Waals surface area contributed by atoms with Gasteiger partial charge in [0.2, 0.25) is 5.91 Å². The molecule has 2 N–H and O–H groups in total. The molecule has 1 fully saturated rings. The van der Waals surface area contributed by atoms with E-state index in [1.807, 2.05) is 0 Å². The molecule has 116 valence electrons. The summed E-state index contributed by atoms with van der Waals surface area (Å²) in [6.45, 7) is 6.00. The number of hydrogen-bond donors (Lipinski definition) is 1. The molecule has 4 heteroatoms. The van der Waals surface area contributed by atoms with Gasteiger partial charge in [-0.2, -0.15) is 0 Å². The average Bonchev–Trinajstić information content (AvgIpc) is 2.71. The number of amides is 1. The lowest BCUT2D eigenvalue weighted by Crippen LogP contribution is -2.48. The molecule has 0 radical (unpaired) electrons. The topological polar surface area (TPSA) is 51.3 Å². The molecule has 1 saturated carbocycles. The van der Waals surface area contributed by atoms with Crippen molar-refractivity contribution in [2.75, 3.05) is 6.54 Å². The molecular formula is C17H27N3O. The lowest BCUT2D eigenvalue weighted by atomic mass is 9.93. The van der Waals surface area contributed by atoms with Crippen LogP contribution in [0.1, 0.15) is 56.5 Å². The molecule has 0 aromatic carbocycles. The Morgan fingerprint density at radius 3 is 2.76 bits per heavy atom. The summed E-state index contributed by atoms with van der Waals surface area (Å²) in [5.41, 5.74) is 8.82. The van der Waals surface area contributed by atoms with E-state index in [9.17, 15) is 4.79 Å². The van der Waals surface area contributed by atoms with Gasteiger partial charge in [-0.3, -0.25) is 4.79 Å². The molecule has 1 aromatic rings. The van der Waals surface area contributed by atoms with Crippen molar-refractivity contribution in [2.24, 2.45) is 11.7 Å². The van der Waals surface area contributed by atoms with E-state index in [0.29, 0.717) is 0 Å². The highest BCUT2D eigenvalue weighted by molar-refractivity contribution is 5.80. The zero-order chi connectivity index (χ0) is 15.0. The van der Waals surface area contributed by atoms with Crippen LogP contribution in [-0.2, 0) is 11.3 Å². The van der Waals surface area contributed by atoms with Gasteiger partial charge in [-0.1, -0.05) is 19.3 Å². The van der Waals surface area contributed by atoms with Gasteiger partial charge in [0.05, 0.1) is 12.0 Å². The Hall–Kier alpha value is -1.29. The predicted octanol–water partition coefficient (Wildman–Crippen LogP) is 2.61. The van der Waals surface area contributed by atoms with Crippen molar-refractivity contribution >= 4 is 5.91 Å². The van der Waals surface area contributed by atoms with Crippen molar-refractivity contribution in [3.05, 3.63) is 23.5 Å². The fourth-order valence-corrected chi connectivity index (χ4v) is 3.98.